The summed E-state index contributed by atoms with van der Waals surface area (Å²) in [4.78, 5) is 26.4. The van der Waals surface area contributed by atoms with E-state index in [4.69, 9.17) is 0 Å². The van der Waals surface area contributed by atoms with Gasteiger partial charge in [0.05, 0.1) is 5.69 Å². The van der Waals surface area contributed by atoms with Gasteiger partial charge in [0.15, 0.2) is 0 Å². The highest BCUT2D eigenvalue weighted by Gasteiger charge is 2.32. The van der Waals surface area contributed by atoms with Gasteiger partial charge in [0.1, 0.15) is 11.4 Å². The zero-order valence-electron chi connectivity index (χ0n) is 13.2. The first kappa shape index (κ1) is 18.6. The maximum absolute atomic E-state index is 12.5. The van der Waals surface area contributed by atoms with Crippen LogP contribution in [-0.2, 0) is 11.2 Å². The molecular weight excluding hydrogens is 345 g/mol. The maximum Gasteiger partial charge on any atom is 0.405 e. The van der Waals surface area contributed by atoms with E-state index < -0.39 is 24.5 Å². The monoisotopic (exact) mass is 364 g/mol. The molecule has 0 aromatic carbocycles. The standard InChI is InChI=1S/C14H19F3N4O2S/c1-2-3-10-11(24-20-19-10)13(23)21-6-4-9(5-7-21)12(22)18-8-14(15,16)17/h9H,2-8H2,1H3,(H,18,22). The number of nitrogens with one attached hydrogen (secondary N) is 1. The molecule has 0 unspecified atom stereocenters. The van der Waals surface area contributed by atoms with Crippen LogP contribution in [0.1, 0.15) is 41.6 Å². The number of alkyl halides is 3. The largest absolute Gasteiger partial charge is 0.405 e. The van der Waals surface area contributed by atoms with Crippen molar-refractivity contribution in [2.24, 2.45) is 5.92 Å². The Morgan fingerprint density at radius 1 is 1.33 bits per heavy atom. The molecule has 2 heterocycles. The summed E-state index contributed by atoms with van der Waals surface area (Å²) in [5.74, 6) is -1.26. The Morgan fingerprint density at radius 2 is 2.00 bits per heavy atom. The Morgan fingerprint density at radius 3 is 2.58 bits per heavy atom. The number of carbonyl (C=O) groups is 2. The SMILES string of the molecule is CCCc1nnsc1C(=O)N1CCC(C(=O)NCC(F)(F)F)CC1. The number of carbonyl (C=O) groups excluding carboxylic acids is 2. The molecule has 0 radical (unpaired) electrons. The van der Waals surface area contributed by atoms with Gasteiger partial charge in [-0.15, -0.1) is 5.10 Å². The molecule has 1 saturated heterocycles. The average molecular weight is 364 g/mol. The first-order chi connectivity index (χ1) is 11.3. The van der Waals surface area contributed by atoms with E-state index in [0.717, 1.165) is 18.0 Å². The number of piperidine rings is 1. The Balaban J connectivity index is 1.87. The van der Waals surface area contributed by atoms with Crippen LogP contribution in [0.2, 0.25) is 0 Å². The van der Waals surface area contributed by atoms with Gasteiger partial charge in [-0.2, -0.15) is 13.2 Å². The molecule has 2 amide bonds. The molecule has 1 aliphatic rings. The summed E-state index contributed by atoms with van der Waals surface area (Å²) in [6.07, 6.45) is -2.18. The number of halogens is 3. The summed E-state index contributed by atoms with van der Waals surface area (Å²) in [6.45, 7) is 1.34. The molecule has 24 heavy (non-hydrogen) atoms. The highest BCUT2D eigenvalue weighted by atomic mass is 32.1. The fourth-order valence-corrected chi connectivity index (χ4v) is 3.27. The molecule has 1 fully saturated rings. The molecule has 0 atom stereocenters. The lowest BCUT2D eigenvalue weighted by Gasteiger charge is -2.31. The van der Waals surface area contributed by atoms with Crippen LogP contribution in [0.3, 0.4) is 0 Å². The zero-order valence-corrected chi connectivity index (χ0v) is 14.0. The number of nitrogens with zero attached hydrogens (tertiary/aromatic N) is 3. The van der Waals surface area contributed by atoms with Crippen LogP contribution in [0.15, 0.2) is 0 Å². The second-order valence-corrected chi connectivity index (χ2v) is 6.45. The predicted octanol–water partition coefficient (Wildman–Crippen LogP) is 2.02. The van der Waals surface area contributed by atoms with Crippen molar-refractivity contribution in [3.8, 4) is 0 Å². The van der Waals surface area contributed by atoms with Crippen LogP contribution in [0.4, 0.5) is 13.2 Å². The molecule has 1 aromatic heterocycles. The minimum Gasteiger partial charge on any atom is -0.347 e. The minimum absolute atomic E-state index is 0.164. The number of aromatic nitrogens is 2. The van der Waals surface area contributed by atoms with E-state index in [1.165, 1.54) is 0 Å². The molecule has 0 saturated carbocycles. The Kier molecular flexibility index (Phi) is 6.14. The van der Waals surface area contributed by atoms with Crippen molar-refractivity contribution >= 4 is 23.3 Å². The molecule has 10 heteroatoms. The van der Waals surface area contributed by atoms with Crippen molar-refractivity contribution in [3.05, 3.63) is 10.6 Å². The highest BCUT2D eigenvalue weighted by molar-refractivity contribution is 7.08. The van der Waals surface area contributed by atoms with E-state index in [2.05, 4.69) is 9.59 Å². The number of aryl methyl sites for hydroxylation is 1. The number of hydrogen-bond donors (Lipinski definition) is 1. The van der Waals surface area contributed by atoms with Gasteiger partial charge in [-0.1, -0.05) is 17.8 Å². The van der Waals surface area contributed by atoms with E-state index in [9.17, 15) is 22.8 Å². The van der Waals surface area contributed by atoms with Crippen LogP contribution in [0.25, 0.3) is 0 Å². The van der Waals surface area contributed by atoms with Crippen molar-refractivity contribution in [1.82, 2.24) is 19.8 Å². The van der Waals surface area contributed by atoms with Crippen LogP contribution in [0, 0.1) is 5.92 Å². The van der Waals surface area contributed by atoms with Crippen molar-refractivity contribution in [2.75, 3.05) is 19.6 Å². The summed E-state index contributed by atoms with van der Waals surface area (Å²) >= 11 is 1.05. The molecule has 1 N–H and O–H groups in total. The third kappa shape index (κ3) is 4.89. The normalized spacial score (nSPS) is 16.2. The lowest BCUT2D eigenvalue weighted by Crippen LogP contribution is -2.44. The van der Waals surface area contributed by atoms with Crippen LogP contribution in [-0.4, -0.2) is 52.1 Å². The molecule has 0 spiro atoms. The summed E-state index contributed by atoms with van der Waals surface area (Å²) < 4.78 is 40.2. The molecule has 0 aliphatic carbocycles. The van der Waals surface area contributed by atoms with E-state index >= 15 is 0 Å². The molecule has 2 rings (SSSR count). The Bertz CT molecular complexity index is 583. The number of hydrogen-bond acceptors (Lipinski definition) is 5. The van der Waals surface area contributed by atoms with Gasteiger partial charge in [0.2, 0.25) is 5.91 Å². The van der Waals surface area contributed by atoms with E-state index in [0.29, 0.717) is 42.9 Å². The van der Waals surface area contributed by atoms with Crippen LogP contribution in [0.5, 0.6) is 0 Å². The summed E-state index contributed by atoms with van der Waals surface area (Å²) in [6, 6.07) is 0. The molecule has 0 bridgehead atoms. The Labute approximate surface area is 141 Å². The van der Waals surface area contributed by atoms with Crippen LogP contribution >= 0.6 is 11.5 Å². The van der Waals surface area contributed by atoms with Crippen molar-refractivity contribution in [2.45, 2.75) is 38.8 Å². The maximum atomic E-state index is 12.5. The first-order valence-corrected chi connectivity index (χ1v) is 8.54. The summed E-state index contributed by atoms with van der Waals surface area (Å²) in [7, 11) is 0. The van der Waals surface area contributed by atoms with Gasteiger partial charge in [-0.25, -0.2) is 0 Å². The fraction of sp³-hybridized carbons (Fsp3) is 0.714. The highest BCUT2D eigenvalue weighted by Crippen LogP contribution is 2.22. The molecular formula is C14H19F3N4O2S. The molecule has 6 nitrogen and oxygen atoms in total. The molecule has 1 aliphatic heterocycles. The van der Waals surface area contributed by atoms with Crippen molar-refractivity contribution < 1.29 is 22.8 Å². The third-order valence-electron chi connectivity index (χ3n) is 3.85. The van der Waals surface area contributed by atoms with Crippen LogP contribution < -0.4 is 5.32 Å². The van der Waals surface area contributed by atoms with E-state index in [1.54, 1.807) is 4.90 Å². The fourth-order valence-electron chi connectivity index (χ4n) is 2.59. The topological polar surface area (TPSA) is 75.2 Å². The summed E-state index contributed by atoms with van der Waals surface area (Å²) in [5, 5.41) is 5.87. The van der Waals surface area contributed by atoms with Gasteiger partial charge < -0.3 is 10.2 Å². The number of rotatable bonds is 5. The number of amides is 2. The van der Waals surface area contributed by atoms with Gasteiger partial charge in [0.25, 0.3) is 5.91 Å². The average Bonchev–Trinajstić information content (AvgIpc) is 3.00. The van der Waals surface area contributed by atoms with Gasteiger partial charge in [0, 0.05) is 19.0 Å². The first-order valence-electron chi connectivity index (χ1n) is 7.76. The molecule has 134 valence electrons. The second-order valence-electron chi connectivity index (χ2n) is 5.70. The lowest BCUT2D eigenvalue weighted by molar-refractivity contribution is -0.141. The number of likely N-dealkylation sites (tertiary alicyclic amines) is 1. The van der Waals surface area contributed by atoms with Gasteiger partial charge in [-0.05, 0) is 30.8 Å². The third-order valence-corrected chi connectivity index (χ3v) is 4.61. The van der Waals surface area contributed by atoms with Crippen molar-refractivity contribution in [3.63, 3.8) is 0 Å². The molecule has 1 aromatic rings. The quantitative estimate of drug-likeness (QED) is 0.867. The van der Waals surface area contributed by atoms with Gasteiger partial charge >= 0.3 is 6.18 Å². The smallest absolute Gasteiger partial charge is 0.347 e. The van der Waals surface area contributed by atoms with Gasteiger partial charge in [-0.3, -0.25) is 9.59 Å². The van der Waals surface area contributed by atoms with Crippen molar-refractivity contribution in [1.29, 1.82) is 0 Å². The second kappa shape index (κ2) is 7.91. The van der Waals surface area contributed by atoms with E-state index in [-0.39, 0.29) is 5.91 Å². The zero-order chi connectivity index (χ0) is 17.7. The minimum atomic E-state index is -4.42. The van der Waals surface area contributed by atoms with E-state index in [1.807, 2.05) is 12.2 Å². The Hall–Kier alpha value is -1.71. The lowest BCUT2D eigenvalue weighted by atomic mass is 9.95. The predicted molar refractivity (Wildman–Crippen MR) is 81.6 cm³/mol. The summed E-state index contributed by atoms with van der Waals surface area (Å²) in [5.41, 5.74) is 0.678.